The molecule has 1 saturated heterocycles. The zero-order chi connectivity index (χ0) is 14.0. The van der Waals surface area contributed by atoms with Crippen LogP contribution in [-0.2, 0) is 0 Å². The number of hydrogen-bond acceptors (Lipinski definition) is 7. The maximum atomic E-state index is 9.92. The number of aliphatic hydroxyl groups is 1. The van der Waals surface area contributed by atoms with Crippen LogP contribution >= 0.6 is 0 Å². The standard InChI is InChI=1S/C12H22N6O/c1-8-11(16-13)14-7-15-12(8)18-6-10(19)4-9(18)5-17(2)3/h7,9-10,19H,4-6,13H2,1-3H3,(H,14,15,16). The molecular formula is C12H22N6O. The van der Waals surface area contributed by atoms with Crippen LogP contribution in [0, 0.1) is 6.92 Å². The predicted molar refractivity (Wildman–Crippen MR) is 74.9 cm³/mol. The molecule has 4 N–H and O–H groups in total. The molecule has 0 bridgehead atoms. The molecule has 7 nitrogen and oxygen atoms in total. The summed E-state index contributed by atoms with van der Waals surface area (Å²) in [4.78, 5) is 12.7. The van der Waals surface area contributed by atoms with Crippen molar-refractivity contribution in [1.82, 2.24) is 14.9 Å². The van der Waals surface area contributed by atoms with Gasteiger partial charge in [-0.15, -0.1) is 0 Å². The van der Waals surface area contributed by atoms with Crippen LogP contribution in [0.2, 0.25) is 0 Å². The van der Waals surface area contributed by atoms with Crippen molar-refractivity contribution in [3.05, 3.63) is 11.9 Å². The number of β-amino-alcohol motifs (C(OH)–C–C–N with tert-alkyl or cyclic N) is 1. The Kier molecular flexibility index (Phi) is 4.18. The summed E-state index contributed by atoms with van der Waals surface area (Å²) in [6, 6.07) is 0.254. The van der Waals surface area contributed by atoms with Gasteiger partial charge in [0.2, 0.25) is 0 Å². The van der Waals surface area contributed by atoms with Crippen molar-refractivity contribution in [2.75, 3.05) is 37.5 Å². The summed E-state index contributed by atoms with van der Waals surface area (Å²) in [5.41, 5.74) is 3.48. The van der Waals surface area contributed by atoms with E-state index < -0.39 is 0 Å². The van der Waals surface area contributed by atoms with E-state index in [4.69, 9.17) is 5.84 Å². The van der Waals surface area contributed by atoms with Crippen molar-refractivity contribution in [3.8, 4) is 0 Å². The molecule has 0 aliphatic carbocycles. The van der Waals surface area contributed by atoms with E-state index in [0.717, 1.165) is 24.3 Å². The van der Waals surface area contributed by atoms with Crippen LogP contribution in [0.4, 0.5) is 11.6 Å². The number of aliphatic hydroxyl groups excluding tert-OH is 1. The van der Waals surface area contributed by atoms with Gasteiger partial charge in [0.25, 0.3) is 0 Å². The lowest BCUT2D eigenvalue weighted by Crippen LogP contribution is -2.38. The first-order chi connectivity index (χ1) is 9.02. The summed E-state index contributed by atoms with van der Waals surface area (Å²) >= 11 is 0. The maximum absolute atomic E-state index is 9.92. The van der Waals surface area contributed by atoms with E-state index >= 15 is 0 Å². The lowest BCUT2D eigenvalue weighted by molar-refractivity contribution is 0.191. The number of hydrazine groups is 1. The maximum Gasteiger partial charge on any atom is 0.148 e. The molecule has 2 atom stereocenters. The summed E-state index contributed by atoms with van der Waals surface area (Å²) in [7, 11) is 4.06. The number of nitrogens with one attached hydrogen (secondary N) is 1. The molecule has 106 valence electrons. The van der Waals surface area contributed by atoms with Gasteiger partial charge in [-0.1, -0.05) is 0 Å². The van der Waals surface area contributed by atoms with Crippen LogP contribution in [0.25, 0.3) is 0 Å². The van der Waals surface area contributed by atoms with Crippen LogP contribution in [0.5, 0.6) is 0 Å². The van der Waals surface area contributed by atoms with Crippen LogP contribution in [0.15, 0.2) is 6.33 Å². The molecule has 7 heteroatoms. The fraction of sp³-hybridized carbons (Fsp3) is 0.667. The Balaban J connectivity index is 2.28. The Labute approximate surface area is 113 Å². The molecular weight excluding hydrogens is 244 g/mol. The van der Waals surface area contributed by atoms with Gasteiger partial charge in [0.15, 0.2) is 0 Å². The second kappa shape index (κ2) is 5.68. The minimum atomic E-state index is -0.311. The van der Waals surface area contributed by atoms with Gasteiger partial charge in [-0.3, -0.25) is 0 Å². The van der Waals surface area contributed by atoms with Gasteiger partial charge in [-0.05, 0) is 27.4 Å². The fourth-order valence-electron chi connectivity index (χ4n) is 2.62. The van der Waals surface area contributed by atoms with E-state index in [1.165, 1.54) is 6.33 Å². The Hall–Kier alpha value is -1.44. The highest BCUT2D eigenvalue weighted by atomic mass is 16.3. The average molecular weight is 266 g/mol. The Bertz CT molecular complexity index is 438. The Morgan fingerprint density at radius 3 is 2.89 bits per heavy atom. The molecule has 1 aromatic rings. The molecule has 1 aromatic heterocycles. The molecule has 0 spiro atoms. The van der Waals surface area contributed by atoms with Crippen LogP contribution < -0.4 is 16.2 Å². The number of nitrogens with two attached hydrogens (primary N) is 1. The van der Waals surface area contributed by atoms with Crippen LogP contribution in [0.3, 0.4) is 0 Å². The Morgan fingerprint density at radius 2 is 2.26 bits per heavy atom. The van der Waals surface area contributed by atoms with E-state index in [2.05, 4.69) is 25.2 Å². The van der Waals surface area contributed by atoms with Crippen molar-refractivity contribution in [2.45, 2.75) is 25.5 Å². The summed E-state index contributed by atoms with van der Waals surface area (Å²) in [5, 5.41) is 9.92. The molecule has 0 saturated carbocycles. The second-order valence-electron chi connectivity index (χ2n) is 5.27. The minimum absolute atomic E-state index is 0.254. The number of nitrogen functional groups attached to an aromatic ring is 1. The van der Waals surface area contributed by atoms with Gasteiger partial charge in [-0.2, -0.15) is 0 Å². The summed E-state index contributed by atoms with van der Waals surface area (Å²) in [5.74, 6) is 6.90. The smallest absolute Gasteiger partial charge is 0.148 e. The normalized spacial score (nSPS) is 23.2. The average Bonchev–Trinajstić information content (AvgIpc) is 2.69. The SMILES string of the molecule is Cc1c(NN)ncnc1N1CC(O)CC1CN(C)C. The molecule has 1 aliphatic rings. The summed E-state index contributed by atoms with van der Waals surface area (Å²) in [6.45, 7) is 3.41. The third kappa shape index (κ3) is 2.94. The molecule has 1 fully saturated rings. The highest BCUT2D eigenvalue weighted by molar-refractivity contribution is 5.58. The molecule has 2 heterocycles. The van der Waals surface area contributed by atoms with Crippen LogP contribution in [0.1, 0.15) is 12.0 Å². The van der Waals surface area contributed by atoms with E-state index in [1.54, 1.807) is 0 Å². The molecule has 2 unspecified atom stereocenters. The molecule has 2 rings (SSSR count). The molecule has 1 aliphatic heterocycles. The number of hydrogen-bond donors (Lipinski definition) is 3. The van der Waals surface area contributed by atoms with Gasteiger partial charge >= 0.3 is 0 Å². The number of aromatic nitrogens is 2. The summed E-state index contributed by atoms with van der Waals surface area (Å²) < 4.78 is 0. The minimum Gasteiger partial charge on any atom is -0.391 e. The van der Waals surface area contributed by atoms with Crippen LogP contribution in [-0.4, -0.2) is 59.3 Å². The van der Waals surface area contributed by atoms with E-state index in [0.29, 0.717) is 12.4 Å². The molecule has 0 radical (unpaired) electrons. The number of anilines is 2. The molecule has 0 aromatic carbocycles. The third-order valence-corrected chi connectivity index (χ3v) is 3.43. The first kappa shape index (κ1) is 14.0. The van der Waals surface area contributed by atoms with Crippen molar-refractivity contribution in [3.63, 3.8) is 0 Å². The molecule has 0 amide bonds. The lowest BCUT2D eigenvalue weighted by Gasteiger charge is -2.29. The van der Waals surface area contributed by atoms with Crippen molar-refractivity contribution in [2.24, 2.45) is 5.84 Å². The largest absolute Gasteiger partial charge is 0.391 e. The van der Waals surface area contributed by atoms with E-state index in [9.17, 15) is 5.11 Å². The zero-order valence-electron chi connectivity index (χ0n) is 11.7. The second-order valence-corrected chi connectivity index (χ2v) is 5.27. The third-order valence-electron chi connectivity index (χ3n) is 3.43. The van der Waals surface area contributed by atoms with Crippen molar-refractivity contribution >= 4 is 11.6 Å². The number of likely N-dealkylation sites (N-methyl/N-ethyl adjacent to an activating group) is 1. The van der Waals surface area contributed by atoms with E-state index in [1.807, 2.05) is 21.0 Å². The topological polar surface area (TPSA) is 90.5 Å². The van der Waals surface area contributed by atoms with Gasteiger partial charge in [0.05, 0.1) is 6.10 Å². The predicted octanol–water partition coefficient (Wildman–Crippen LogP) is -0.428. The molecule has 19 heavy (non-hydrogen) atoms. The van der Waals surface area contributed by atoms with Crippen molar-refractivity contribution < 1.29 is 5.11 Å². The number of rotatable bonds is 4. The number of nitrogens with zero attached hydrogens (tertiary/aromatic N) is 4. The highest BCUT2D eigenvalue weighted by Crippen LogP contribution is 2.29. The fourth-order valence-corrected chi connectivity index (χ4v) is 2.62. The zero-order valence-corrected chi connectivity index (χ0v) is 11.7. The van der Waals surface area contributed by atoms with Gasteiger partial charge < -0.3 is 20.3 Å². The first-order valence-electron chi connectivity index (χ1n) is 6.40. The van der Waals surface area contributed by atoms with Gasteiger partial charge in [0, 0.05) is 24.7 Å². The van der Waals surface area contributed by atoms with Gasteiger partial charge in [0.1, 0.15) is 18.0 Å². The summed E-state index contributed by atoms with van der Waals surface area (Å²) in [6.07, 6.45) is 1.94. The van der Waals surface area contributed by atoms with Gasteiger partial charge in [-0.25, -0.2) is 15.8 Å². The van der Waals surface area contributed by atoms with E-state index in [-0.39, 0.29) is 12.1 Å². The Morgan fingerprint density at radius 1 is 1.53 bits per heavy atom. The highest BCUT2D eigenvalue weighted by Gasteiger charge is 2.33. The monoisotopic (exact) mass is 266 g/mol. The van der Waals surface area contributed by atoms with Crippen molar-refractivity contribution in [1.29, 1.82) is 0 Å². The quantitative estimate of drug-likeness (QED) is 0.503. The first-order valence-corrected chi connectivity index (χ1v) is 6.40. The lowest BCUT2D eigenvalue weighted by atomic mass is 10.2.